The summed E-state index contributed by atoms with van der Waals surface area (Å²) in [6.07, 6.45) is 5.23. The molecule has 2 heterocycles. The minimum Gasteiger partial charge on any atom is -0.323 e. The van der Waals surface area contributed by atoms with Crippen molar-refractivity contribution >= 4 is 22.8 Å². The largest absolute Gasteiger partial charge is 0.325 e. The Bertz CT molecular complexity index is 760. The van der Waals surface area contributed by atoms with Gasteiger partial charge in [0.15, 0.2) is 0 Å². The average molecular weight is 295 g/mol. The van der Waals surface area contributed by atoms with Gasteiger partial charge in [-0.15, -0.1) is 0 Å². The molecule has 0 unspecified atom stereocenters. The third-order valence-electron chi connectivity index (χ3n) is 4.75. The fourth-order valence-corrected chi connectivity index (χ4v) is 3.60. The highest BCUT2D eigenvalue weighted by Gasteiger charge is 2.52. The number of rotatable bonds is 2. The van der Waals surface area contributed by atoms with Gasteiger partial charge in [-0.1, -0.05) is 37.1 Å². The highest BCUT2D eigenvalue weighted by Crippen LogP contribution is 2.35. The topological polar surface area (TPSA) is 62.3 Å². The molecule has 0 radical (unpaired) electrons. The van der Waals surface area contributed by atoms with E-state index in [0.29, 0.717) is 0 Å². The zero-order valence-electron chi connectivity index (χ0n) is 12.2. The molecule has 3 amide bonds. The van der Waals surface area contributed by atoms with Crippen LogP contribution in [-0.2, 0) is 11.3 Å². The molecule has 2 aromatic rings. The first-order valence-corrected chi connectivity index (χ1v) is 7.66. The number of amides is 3. The molecule has 1 aromatic carbocycles. The van der Waals surface area contributed by atoms with Crippen molar-refractivity contribution in [2.45, 2.75) is 37.8 Å². The number of hydrogen-bond acceptors (Lipinski definition) is 3. The smallest absolute Gasteiger partial charge is 0.323 e. The van der Waals surface area contributed by atoms with Crippen molar-refractivity contribution in [1.82, 2.24) is 15.2 Å². The van der Waals surface area contributed by atoms with Gasteiger partial charge in [-0.2, -0.15) is 0 Å². The lowest BCUT2D eigenvalue weighted by molar-refractivity contribution is -0.131. The van der Waals surface area contributed by atoms with Crippen LogP contribution in [0.15, 0.2) is 36.5 Å². The van der Waals surface area contributed by atoms with Crippen LogP contribution in [0.2, 0.25) is 0 Å². The molecule has 2 fully saturated rings. The first kappa shape index (κ1) is 13.2. The Morgan fingerprint density at radius 2 is 1.91 bits per heavy atom. The molecule has 0 bridgehead atoms. The Balaban J connectivity index is 1.68. The van der Waals surface area contributed by atoms with E-state index in [0.717, 1.165) is 42.1 Å². The molecule has 1 aliphatic heterocycles. The second-order valence-electron chi connectivity index (χ2n) is 6.10. The lowest BCUT2D eigenvalue weighted by atomic mass is 9.98. The number of imide groups is 1. The molecule has 1 aromatic heterocycles. The third-order valence-corrected chi connectivity index (χ3v) is 4.75. The van der Waals surface area contributed by atoms with E-state index < -0.39 is 5.54 Å². The molecule has 4 rings (SSSR count). The van der Waals surface area contributed by atoms with E-state index >= 15 is 0 Å². The Labute approximate surface area is 128 Å². The summed E-state index contributed by atoms with van der Waals surface area (Å²) in [5, 5.41) is 3.93. The minimum absolute atomic E-state index is 0.0806. The van der Waals surface area contributed by atoms with E-state index in [1.165, 1.54) is 4.90 Å². The van der Waals surface area contributed by atoms with E-state index in [9.17, 15) is 9.59 Å². The fourth-order valence-electron chi connectivity index (χ4n) is 3.60. The quantitative estimate of drug-likeness (QED) is 0.866. The lowest BCUT2D eigenvalue weighted by Crippen LogP contribution is -2.44. The van der Waals surface area contributed by atoms with E-state index in [4.69, 9.17) is 0 Å². The van der Waals surface area contributed by atoms with Gasteiger partial charge >= 0.3 is 6.03 Å². The van der Waals surface area contributed by atoms with Crippen molar-refractivity contribution in [3.8, 4) is 0 Å². The molecule has 22 heavy (non-hydrogen) atoms. The number of fused-ring (bicyclic) bond motifs is 1. The number of nitrogens with one attached hydrogen (secondary N) is 1. The number of nitrogens with zero attached hydrogens (tertiary/aromatic N) is 2. The van der Waals surface area contributed by atoms with Crippen LogP contribution >= 0.6 is 0 Å². The second-order valence-corrected chi connectivity index (χ2v) is 6.10. The van der Waals surface area contributed by atoms with E-state index in [1.807, 2.05) is 30.3 Å². The van der Waals surface area contributed by atoms with Crippen molar-refractivity contribution in [2.24, 2.45) is 0 Å². The molecule has 5 heteroatoms. The average Bonchev–Trinajstić information content (AvgIpc) is 3.09. The summed E-state index contributed by atoms with van der Waals surface area (Å²) < 4.78 is 0. The summed E-state index contributed by atoms with van der Waals surface area (Å²) in [5.74, 6) is -0.0806. The van der Waals surface area contributed by atoms with Crippen LogP contribution in [0.1, 0.15) is 31.2 Å². The van der Waals surface area contributed by atoms with E-state index in [-0.39, 0.29) is 18.5 Å². The van der Waals surface area contributed by atoms with Crippen molar-refractivity contribution in [1.29, 1.82) is 0 Å². The summed E-state index contributed by atoms with van der Waals surface area (Å²) in [6.45, 7) is 0.279. The molecular weight excluding hydrogens is 278 g/mol. The van der Waals surface area contributed by atoms with Crippen LogP contribution < -0.4 is 5.32 Å². The van der Waals surface area contributed by atoms with Gasteiger partial charge < -0.3 is 5.32 Å². The maximum atomic E-state index is 12.7. The Morgan fingerprint density at radius 3 is 2.73 bits per heavy atom. The maximum absolute atomic E-state index is 12.7. The Hall–Kier alpha value is -2.43. The zero-order chi connectivity index (χ0) is 15.2. The first-order chi connectivity index (χ1) is 10.7. The van der Waals surface area contributed by atoms with Crippen molar-refractivity contribution in [2.75, 3.05) is 0 Å². The monoisotopic (exact) mass is 295 g/mol. The second kappa shape index (κ2) is 4.80. The summed E-state index contributed by atoms with van der Waals surface area (Å²) >= 11 is 0. The lowest BCUT2D eigenvalue weighted by Gasteiger charge is -2.20. The van der Waals surface area contributed by atoms with Gasteiger partial charge in [0.2, 0.25) is 0 Å². The molecule has 1 N–H and O–H groups in total. The number of pyridine rings is 1. The van der Waals surface area contributed by atoms with Gasteiger partial charge in [0.05, 0.1) is 12.1 Å². The van der Waals surface area contributed by atoms with Crippen molar-refractivity contribution in [3.63, 3.8) is 0 Å². The summed E-state index contributed by atoms with van der Waals surface area (Å²) in [6, 6.07) is 9.43. The number of aromatic nitrogens is 1. The van der Waals surface area contributed by atoms with Crippen LogP contribution in [0, 0.1) is 0 Å². The SMILES string of the molecule is O=C1NC2(CCCC2)C(=O)N1Cc1cccc2cccnc12. The van der Waals surface area contributed by atoms with E-state index in [2.05, 4.69) is 10.3 Å². The van der Waals surface area contributed by atoms with Crippen molar-refractivity contribution < 1.29 is 9.59 Å². The predicted octanol–water partition coefficient (Wildman–Crippen LogP) is 2.60. The summed E-state index contributed by atoms with van der Waals surface area (Å²) in [4.78, 5) is 30.7. The van der Waals surface area contributed by atoms with Crippen LogP contribution in [0.25, 0.3) is 10.9 Å². The molecule has 1 saturated carbocycles. The third kappa shape index (κ3) is 1.89. The van der Waals surface area contributed by atoms with E-state index in [1.54, 1.807) is 6.20 Å². The molecule has 5 nitrogen and oxygen atoms in total. The standard InChI is InChI=1S/C17H17N3O2/c21-15-17(8-1-2-9-17)19-16(22)20(15)11-13-6-3-5-12-7-4-10-18-14(12)13/h3-7,10H,1-2,8-9,11H2,(H,19,22). The van der Waals surface area contributed by atoms with Gasteiger partial charge in [0.1, 0.15) is 5.54 Å². The highest BCUT2D eigenvalue weighted by molar-refractivity contribution is 6.07. The molecule has 1 aliphatic carbocycles. The first-order valence-electron chi connectivity index (χ1n) is 7.66. The highest BCUT2D eigenvalue weighted by atomic mass is 16.2. The zero-order valence-corrected chi connectivity index (χ0v) is 12.2. The Kier molecular flexibility index (Phi) is 2.89. The fraction of sp³-hybridized carbons (Fsp3) is 0.353. The van der Waals surface area contributed by atoms with Gasteiger partial charge in [-0.25, -0.2) is 4.79 Å². The van der Waals surface area contributed by atoms with Gasteiger partial charge in [-0.3, -0.25) is 14.7 Å². The number of carbonyl (C=O) groups excluding carboxylic acids is 2. The van der Waals surface area contributed by atoms with Crippen molar-refractivity contribution in [3.05, 3.63) is 42.1 Å². The van der Waals surface area contributed by atoms with Crippen LogP contribution in [-0.4, -0.2) is 27.4 Å². The molecule has 1 spiro atoms. The number of para-hydroxylation sites is 1. The van der Waals surface area contributed by atoms with Crippen LogP contribution in [0.3, 0.4) is 0 Å². The Morgan fingerprint density at radius 1 is 1.14 bits per heavy atom. The number of urea groups is 1. The predicted molar refractivity (Wildman–Crippen MR) is 82.0 cm³/mol. The summed E-state index contributed by atoms with van der Waals surface area (Å²) in [5.41, 5.74) is 1.10. The van der Waals surface area contributed by atoms with Gasteiger partial charge in [-0.05, 0) is 24.5 Å². The molecular formula is C17H17N3O2. The number of benzene rings is 1. The molecule has 1 saturated heterocycles. The molecule has 2 aliphatic rings. The maximum Gasteiger partial charge on any atom is 0.325 e. The van der Waals surface area contributed by atoms with Crippen LogP contribution in [0.5, 0.6) is 0 Å². The van der Waals surface area contributed by atoms with Gasteiger partial charge in [0, 0.05) is 11.6 Å². The normalized spacial score (nSPS) is 20.1. The van der Waals surface area contributed by atoms with Crippen LogP contribution in [0.4, 0.5) is 4.79 Å². The van der Waals surface area contributed by atoms with Gasteiger partial charge in [0.25, 0.3) is 5.91 Å². The molecule has 112 valence electrons. The minimum atomic E-state index is -0.644. The number of carbonyl (C=O) groups is 2. The molecule has 0 atom stereocenters. The number of hydrogen-bond donors (Lipinski definition) is 1. The summed E-state index contributed by atoms with van der Waals surface area (Å²) in [7, 11) is 0.